The smallest absolute Gasteiger partial charge is 0.130 e. The van der Waals surface area contributed by atoms with Crippen LogP contribution < -0.4 is 5.73 Å². The number of halogens is 1. The Kier molecular flexibility index (Phi) is 3.10. The van der Waals surface area contributed by atoms with E-state index >= 15 is 0 Å². The van der Waals surface area contributed by atoms with Crippen LogP contribution in [0.4, 0.5) is 10.2 Å². The van der Waals surface area contributed by atoms with Gasteiger partial charge in [-0.3, -0.25) is 0 Å². The molecule has 1 aromatic carbocycles. The van der Waals surface area contributed by atoms with Crippen LogP contribution >= 0.6 is 0 Å². The largest absolute Gasteiger partial charge is 0.384 e. The molecule has 0 saturated heterocycles. The van der Waals surface area contributed by atoms with Crippen LogP contribution in [0.5, 0.6) is 0 Å². The second kappa shape index (κ2) is 4.70. The van der Waals surface area contributed by atoms with Gasteiger partial charge in [-0.25, -0.2) is 14.4 Å². The Labute approximate surface area is 93.2 Å². The Morgan fingerprint density at radius 1 is 1.06 bits per heavy atom. The summed E-state index contributed by atoms with van der Waals surface area (Å²) in [6.45, 7) is 0. The van der Waals surface area contributed by atoms with Gasteiger partial charge in [-0.1, -0.05) is 12.1 Å². The summed E-state index contributed by atoms with van der Waals surface area (Å²) in [4.78, 5) is 8.21. The summed E-state index contributed by atoms with van der Waals surface area (Å²) >= 11 is 0. The van der Waals surface area contributed by atoms with E-state index in [0.717, 1.165) is 12.0 Å². The number of anilines is 1. The first kappa shape index (κ1) is 10.5. The quantitative estimate of drug-likeness (QED) is 0.855. The van der Waals surface area contributed by atoms with E-state index in [9.17, 15) is 4.39 Å². The number of rotatable bonds is 3. The van der Waals surface area contributed by atoms with Crippen molar-refractivity contribution in [3.63, 3.8) is 0 Å². The highest BCUT2D eigenvalue weighted by Crippen LogP contribution is 2.06. The average molecular weight is 217 g/mol. The summed E-state index contributed by atoms with van der Waals surface area (Å²) in [5.74, 6) is 0.970. The van der Waals surface area contributed by atoms with Crippen LogP contribution in [-0.4, -0.2) is 9.97 Å². The van der Waals surface area contributed by atoms with E-state index in [-0.39, 0.29) is 5.82 Å². The molecule has 16 heavy (non-hydrogen) atoms. The lowest BCUT2D eigenvalue weighted by molar-refractivity contribution is 0.627. The zero-order valence-electron chi connectivity index (χ0n) is 8.73. The van der Waals surface area contributed by atoms with Crippen LogP contribution in [0.3, 0.4) is 0 Å². The number of benzene rings is 1. The van der Waals surface area contributed by atoms with E-state index in [1.165, 1.54) is 12.1 Å². The van der Waals surface area contributed by atoms with Gasteiger partial charge in [-0.05, 0) is 30.2 Å². The highest BCUT2D eigenvalue weighted by atomic mass is 19.1. The first-order valence-electron chi connectivity index (χ1n) is 5.06. The monoisotopic (exact) mass is 217 g/mol. The predicted molar refractivity (Wildman–Crippen MR) is 60.3 cm³/mol. The topological polar surface area (TPSA) is 51.8 Å². The van der Waals surface area contributed by atoms with Gasteiger partial charge in [0.15, 0.2) is 0 Å². The third-order valence-electron chi connectivity index (χ3n) is 2.28. The minimum Gasteiger partial charge on any atom is -0.384 e. The van der Waals surface area contributed by atoms with Crippen LogP contribution in [0.1, 0.15) is 11.4 Å². The molecule has 0 aliphatic rings. The van der Waals surface area contributed by atoms with Crippen LogP contribution in [0.15, 0.2) is 36.5 Å². The van der Waals surface area contributed by atoms with Crippen molar-refractivity contribution >= 4 is 5.82 Å². The number of nitrogens with two attached hydrogens (primary N) is 1. The molecule has 3 nitrogen and oxygen atoms in total. The predicted octanol–water partition coefficient (Wildman–Crippen LogP) is 1.98. The molecule has 0 amide bonds. The van der Waals surface area contributed by atoms with E-state index in [1.807, 2.05) is 0 Å². The highest BCUT2D eigenvalue weighted by molar-refractivity contribution is 5.25. The molecule has 0 aliphatic heterocycles. The minimum absolute atomic E-state index is 0.219. The standard InChI is InChI=1S/C12H12FN3/c13-10-4-1-9(2-5-10)3-6-12-15-8-7-11(14)16-12/h1-2,4-5,7-8H,3,6H2,(H2,14,15,16). The number of aryl methyl sites for hydroxylation is 2. The van der Waals surface area contributed by atoms with Crippen molar-refractivity contribution in [2.45, 2.75) is 12.8 Å². The van der Waals surface area contributed by atoms with Crippen LogP contribution in [0, 0.1) is 5.82 Å². The molecule has 0 unspecified atom stereocenters. The number of nitrogen functional groups attached to an aromatic ring is 1. The molecule has 82 valence electrons. The summed E-state index contributed by atoms with van der Waals surface area (Å²) in [5, 5.41) is 0. The number of hydrogen-bond acceptors (Lipinski definition) is 3. The van der Waals surface area contributed by atoms with E-state index in [4.69, 9.17) is 5.73 Å². The van der Waals surface area contributed by atoms with Crippen molar-refractivity contribution < 1.29 is 4.39 Å². The van der Waals surface area contributed by atoms with Crippen molar-refractivity contribution in [3.8, 4) is 0 Å². The number of nitrogens with zero attached hydrogens (tertiary/aromatic N) is 2. The molecule has 0 radical (unpaired) electrons. The molecule has 2 rings (SSSR count). The normalized spacial score (nSPS) is 10.3. The lowest BCUT2D eigenvalue weighted by atomic mass is 10.1. The van der Waals surface area contributed by atoms with Crippen molar-refractivity contribution in [3.05, 3.63) is 53.7 Å². The summed E-state index contributed by atoms with van der Waals surface area (Å²) in [7, 11) is 0. The SMILES string of the molecule is Nc1ccnc(CCc2ccc(F)cc2)n1. The van der Waals surface area contributed by atoms with Gasteiger partial charge in [0, 0.05) is 12.6 Å². The Balaban J connectivity index is 1.99. The van der Waals surface area contributed by atoms with Gasteiger partial charge in [-0.2, -0.15) is 0 Å². The maximum absolute atomic E-state index is 12.7. The van der Waals surface area contributed by atoms with Crippen molar-refractivity contribution in [2.24, 2.45) is 0 Å². The molecule has 1 heterocycles. The fraction of sp³-hybridized carbons (Fsp3) is 0.167. The third kappa shape index (κ3) is 2.76. The van der Waals surface area contributed by atoms with E-state index in [2.05, 4.69) is 9.97 Å². The van der Waals surface area contributed by atoms with Gasteiger partial charge in [0.25, 0.3) is 0 Å². The van der Waals surface area contributed by atoms with Gasteiger partial charge in [-0.15, -0.1) is 0 Å². The van der Waals surface area contributed by atoms with Gasteiger partial charge in [0.2, 0.25) is 0 Å². The Morgan fingerprint density at radius 3 is 2.50 bits per heavy atom. The third-order valence-corrected chi connectivity index (χ3v) is 2.28. The molecule has 4 heteroatoms. The Bertz CT molecular complexity index is 468. The first-order chi connectivity index (χ1) is 7.74. The summed E-state index contributed by atoms with van der Waals surface area (Å²) in [6.07, 6.45) is 3.13. The molecular formula is C12H12FN3. The molecule has 1 aromatic heterocycles. The Hall–Kier alpha value is -1.97. The first-order valence-corrected chi connectivity index (χ1v) is 5.06. The minimum atomic E-state index is -0.219. The highest BCUT2D eigenvalue weighted by Gasteiger charge is 1.99. The van der Waals surface area contributed by atoms with E-state index in [1.54, 1.807) is 24.4 Å². The second-order valence-electron chi connectivity index (χ2n) is 3.52. The lowest BCUT2D eigenvalue weighted by Crippen LogP contribution is -2.00. The molecule has 2 aromatic rings. The molecule has 2 N–H and O–H groups in total. The number of hydrogen-bond donors (Lipinski definition) is 1. The summed E-state index contributed by atoms with van der Waals surface area (Å²) < 4.78 is 12.7. The van der Waals surface area contributed by atoms with Crippen LogP contribution in [0.25, 0.3) is 0 Å². The molecule has 0 spiro atoms. The van der Waals surface area contributed by atoms with E-state index in [0.29, 0.717) is 18.1 Å². The molecule has 0 atom stereocenters. The zero-order chi connectivity index (χ0) is 11.4. The molecule has 0 bridgehead atoms. The van der Waals surface area contributed by atoms with E-state index < -0.39 is 0 Å². The summed E-state index contributed by atoms with van der Waals surface area (Å²) in [6, 6.07) is 8.09. The van der Waals surface area contributed by atoms with Crippen molar-refractivity contribution in [2.75, 3.05) is 5.73 Å². The van der Waals surface area contributed by atoms with Crippen molar-refractivity contribution in [1.29, 1.82) is 0 Å². The van der Waals surface area contributed by atoms with Crippen LogP contribution in [0.2, 0.25) is 0 Å². The van der Waals surface area contributed by atoms with Gasteiger partial charge in [0.1, 0.15) is 17.5 Å². The van der Waals surface area contributed by atoms with Crippen molar-refractivity contribution in [1.82, 2.24) is 9.97 Å². The molecule has 0 aliphatic carbocycles. The second-order valence-corrected chi connectivity index (χ2v) is 3.52. The fourth-order valence-corrected chi connectivity index (χ4v) is 1.44. The van der Waals surface area contributed by atoms with Gasteiger partial charge in [0.05, 0.1) is 0 Å². The van der Waals surface area contributed by atoms with Crippen LogP contribution in [-0.2, 0) is 12.8 Å². The summed E-state index contributed by atoms with van der Waals surface area (Å²) in [5.41, 5.74) is 6.61. The maximum Gasteiger partial charge on any atom is 0.130 e. The lowest BCUT2D eigenvalue weighted by Gasteiger charge is -2.01. The zero-order valence-corrected chi connectivity index (χ0v) is 8.73. The number of aromatic nitrogens is 2. The molecule has 0 fully saturated rings. The van der Waals surface area contributed by atoms with Gasteiger partial charge < -0.3 is 5.73 Å². The Morgan fingerprint density at radius 2 is 1.81 bits per heavy atom. The van der Waals surface area contributed by atoms with Gasteiger partial charge >= 0.3 is 0 Å². The average Bonchev–Trinajstić information content (AvgIpc) is 2.28. The molecular weight excluding hydrogens is 205 g/mol. The maximum atomic E-state index is 12.7. The fourth-order valence-electron chi connectivity index (χ4n) is 1.44. The molecule has 0 saturated carbocycles.